The number of amides is 1. The fraction of sp³-hybridized carbons (Fsp3) is 0.500. The zero-order valence-electron chi connectivity index (χ0n) is 15.6. The molecule has 1 atom stereocenters. The second-order valence-corrected chi connectivity index (χ2v) is 6.69. The van der Waals surface area contributed by atoms with E-state index >= 15 is 0 Å². The fourth-order valence-electron chi connectivity index (χ4n) is 2.98. The predicted molar refractivity (Wildman–Crippen MR) is 94.6 cm³/mol. The number of halogens is 4. The minimum absolute atomic E-state index is 0.0465. The first-order valence-corrected chi connectivity index (χ1v) is 8.66. The van der Waals surface area contributed by atoms with E-state index in [1.807, 2.05) is 0 Å². The van der Waals surface area contributed by atoms with E-state index in [9.17, 15) is 27.5 Å². The lowest BCUT2D eigenvalue weighted by Gasteiger charge is -2.36. The van der Waals surface area contributed by atoms with E-state index < -0.39 is 23.5 Å². The first-order chi connectivity index (χ1) is 13.0. The number of nitrogens with zero attached hydrogens (tertiary/aromatic N) is 4. The number of hydrogen-bond donors (Lipinski definition) is 1. The van der Waals surface area contributed by atoms with Crippen LogP contribution in [0.25, 0.3) is 5.70 Å². The first-order valence-electron chi connectivity index (χ1n) is 8.66. The molecule has 6 nitrogen and oxygen atoms in total. The number of piperidine rings is 1. The molecule has 1 unspecified atom stereocenters. The molecule has 1 fully saturated rings. The fourth-order valence-corrected chi connectivity index (χ4v) is 2.98. The summed E-state index contributed by atoms with van der Waals surface area (Å²) in [6.45, 7) is 5.47. The van der Waals surface area contributed by atoms with Crippen LogP contribution in [-0.2, 0) is 4.79 Å². The molecule has 0 radical (unpaired) electrons. The Morgan fingerprint density at radius 3 is 2.43 bits per heavy atom. The molecule has 1 N–H and O–H groups in total. The second-order valence-electron chi connectivity index (χ2n) is 6.69. The molecule has 0 bridgehead atoms. The van der Waals surface area contributed by atoms with E-state index in [1.54, 1.807) is 17.6 Å². The number of aromatic nitrogens is 3. The monoisotopic (exact) mass is 402 g/mol. The summed E-state index contributed by atoms with van der Waals surface area (Å²) in [5, 5.41) is 17.5. The van der Waals surface area contributed by atoms with Crippen molar-refractivity contribution in [3.05, 3.63) is 42.8 Å². The topological polar surface area (TPSA) is 71.2 Å². The zero-order valence-corrected chi connectivity index (χ0v) is 15.6. The van der Waals surface area contributed by atoms with Crippen molar-refractivity contribution in [1.82, 2.24) is 19.7 Å². The summed E-state index contributed by atoms with van der Waals surface area (Å²) >= 11 is 0. The van der Waals surface area contributed by atoms with Crippen molar-refractivity contribution >= 4 is 11.6 Å². The van der Waals surface area contributed by atoms with Gasteiger partial charge in [0.25, 0.3) is 5.91 Å². The molecule has 28 heavy (non-hydrogen) atoms. The lowest BCUT2D eigenvalue weighted by molar-refractivity contribution is -0.250. The maximum atomic E-state index is 12.9. The van der Waals surface area contributed by atoms with Crippen LogP contribution in [0.4, 0.5) is 17.6 Å². The van der Waals surface area contributed by atoms with Crippen LogP contribution in [0.1, 0.15) is 38.4 Å². The Labute approximate surface area is 159 Å². The lowest BCUT2D eigenvalue weighted by Crippen LogP contribution is -2.57. The summed E-state index contributed by atoms with van der Waals surface area (Å²) < 4.78 is 53.2. The van der Waals surface area contributed by atoms with E-state index in [-0.39, 0.29) is 19.0 Å². The van der Waals surface area contributed by atoms with E-state index in [1.165, 1.54) is 18.5 Å². The molecule has 2 rings (SSSR count). The maximum absolute atomic E-state index is 12.9. The largest absolute Gasteiger partial charge is 0.426 e. The molecule has 154 valence electrons. The minimum atomic E-state index is -5.05. The quantitative estimate of drug-likeness (QED) is 0.607. The highest BCUT2D eigenvalue weighted by Crippen LogP contribution is 2.34. The van der Waals surface area contributed by atoms with Crippen molar-refractivity contribution < 1.29 is 27.5 Å². The van der Waals surface area contributed by atoms with Gasteiger partial charge in [0.05, 0.1) is 0 Å². The molecule has 0 aliphatic carbocycles. The van der Waals surface area contributed by atoms with E-state index in [4.69, 9.17) is 0 Å². The van der Waals surface area contributed by atoms with Gasteiger partial charge >= 0.3 is 6.18 Å². The average molecular weight is 402 g/mol. The predicted octanol–water partition coefficient (Wildman–Crippen LogP) is 3.20. The van der Waals surface area contributed by atoms with Crippen LogP contribution in [0.5, 0.6) is 0 Å². The molecule has 1 amide bonds. The standard InChI is InChI=1S/C18H22F4N4O2/c1-4-14(6-5-12(2)19)26-11-23-24-15(26)13-7-9-25(10-8-13)16(27)17(3,28)18(20,21)22/h4-6,11,13,28H,2,7-10H2,1,3H3. The minimum Gasteiger partial charge on any atom is -0.373 e. The molecule has 0 aromatic carbocycles. The Hall–Kier alpha value is -2.49. The lowest BCUT2D eigenvalue weighted by atomic mass is 9.94. The number of rotatable bonds is 5. The first kappa shape index (κ1) is 21.8. The van der Waals surface area contributed by atoms with Crippen LogP contribution in [0.2, 0.25) is 0 Å². The number of likely N-dealkylation sites (tertiary alicyclic amines) is 1. The molecule has 1 aliphatic heterocycles. The van der Waals surface area contributed by atoms with Crippen molar-refractivity contribution in [1.29, 1.82) is 0 Å². The van der Waals surface area contributed by atoms with Crippen LogP contribution in [0.15, 0.2) is 37.0 Å². The molecule has 1 saturated heterocycles. The summed E-state index contributed by atoms with van der Waals surface area (Å²) in [6.07, 6.45) is 1.56. The molecule has 1 aromatic rings. The number of hydrogen-bond acceptors (Lipinski definition) is 4. The van der Waals surface area contributed by atoms with Gasteiger partial charge in [-0.25, -0.2) is 4.39 Å². The highest BCUT2D eigenvalue weighted by Gasteiger charge is 2.57. The normalized spacial score (nSPS) is 19.1. The van der Waals surface area contributed by atoms with Crippen LogP contribution < -0.4 is 0 Å². The third-order valence-electron chi connectivity index (χ3n) is 4.70. The van der Waals surface area contributed by atoms with Crippen LogP contribution >= 0.6 is 0 Å². The van der Waals surface area contributed by atoms with E-state index in [2.05, 4.69) is 16.8 Å². The van der Waals surface area contributed by atoms with Gasteiger partial charge in [-0.3, -0.25) is 9.36 Å². The summed E-state index contributed by atoms with van der Waals surface area (Å²) in [5.41, 5.74) is -2.81. The van der Waals surface area contributed by atoms with Gasteiger partial charge in [-0.2, -0.15) is 13.2 Å². The van der Waals surface area contributed by atoms with Crippen molar-refractivity contribution in [2.75, 3.05) is 13.1 Å². The van der Waals surface area contributed by atoms with E-state index in [0.717, 1.165) is 4.90 Å². The molecule has 0 spiro atoms. The molecule has 2 heterocycles. The Balaban J connectivity index is 2.12. The SMILES string of the molecule is C=C(F)C=CC(=CC)n1cnnc1C1CCN(C(=O)C(C)(O)C(F)(F)F)CC1. The third-order valence-corrected chi connectivity index (χ3v) is 4.70. The number of carbonyl (C=O) groups excluding carboxylic acids is 1. The molecule has 1 aromatic heterocycles. The summed E-state index contributed by atoms with van der Waals surface area (Å²) in [7, 11) is 0. The highest BCUT2D eigenvalue weighted by molar-refractivity contribution is 5.85. The number of carbonyl (C=O) groups is 1. The van der Waals surface area contributed by atoms with Gasteiger partial charge in [0.1, 0.15) is 18.0 Å². The van der Waals surface area contributed by atoms with Crippen LogP contribution in [0.3, 0.4) is 0 Å². The summed E-state index contributed by atoms with van der Waals surface area (Å²) in [4.78, 5) is 13.1. The van der Waals surface area contributed by atoms with Crippen molar-refractivity contribution in [2.24, 2.45) is 0 Å². The van der Waals surface area contributed by atoms with Gasteiger partial charge in [0, 0.05) is 24.7 Å². The number of aliphatic hydroxyl groups is 1. The molecule has 10 heteroatoms. The van der Waals surface area contributed by atoms with Gasteiger partial charge in [0.2, 0.25) is 5.60 Å². The van der Waals surface area contributed by atoms with Crippen LogP contribution in [0, 0.1) is 0 Å². The van der Waals surface area contributed by atoms with Crippen molar-refractivity contribution in [2.45, 2.75) is 44.4 Å². The van der Waals surface area contributed by atoms with Crippen molar-refractivity contribution in [3.63, 3.8) is 0 Å². The van der Waals surface area contributed by atoms with Gasteiger partial charge in [0.15, 0.2) is 0 Å². The number of alkyl halides is 3. The third kappa shape index (κ3) is 4.49. The van der Waals surface area contributed by atoms with Crippen molar-refractivity contribution in [3.8, 4) is 0 Å². The highest BCUT2D eigenvalue weighted by atomic mass is 19.4. The van der Waals surface area contributed by atoms with Gasteiger partial charge in [-0.1, -0.05) is 12.7 Å². The average Bonchev–Trinajstić information content (AvgIpc) is 3.10. The Morgan fingerprint density at radius 1 is 1.32 bits per heavy atom. The second kappa shape index (κ2) is 8.26. The van der Waals surface area contributed by atoms with Gasteiger partial charge in [-0.15, -0.1) is 10.2 Å². The molecule has 1 aliphatic rings. The Morgan fingerprint density at radius 2 is 1.93 bits per heavy atom. The zero-order chi connectivity index (χ0) is 21.1. The number of allylic oxidation sites excluding steroid dienone is 5. The summed E-state index contributed by atoms with van der Waals surface area (Å²) in [5.74, 6) is -1.56. The Kier molecular flexibility index (Phi) is 6.43. The Bertz CT molecular complexity index is 788. The van der Waals surface area contributed by atoms with Gasteiger partial charge < -0.3 is 10.0 Å². The van der Waals surface area contributed by atoms with Crippen LogP contribution in [-0.4, -0.2) is 55.5 Å². The maximum Gasteiger partial charge on any atom is 0.426 e. The molecule has 0 saturated carbocycles. The smallest absolute Gasteiger partial charge is 0.373 e. The molecular weight excluding hydrogens is 380 g/mol. The van der Waals surface area contributed by atoms with Gasteiger partial charge in [-0.05, 0) is 38.8 Å². The van der Waals surface area contributed by atoms with E-state index in [0.29, 0.717) is 31.3 Å². The summed E-state index contributed by atoms with van der Waals surface area (Å²) in [6, 6.07) is 0. The molecular formula is C18H22F4N4O2.